The lowest BCUT2D eigenvalue weighted by molar-refractivity contribution is -0.384. The molecule has 1 amide bonds. The van der Waals surface area contributed by atoms with Gasteiger partial charge in [0.25, 0.3) is 5.69 Å². The first kappa shape index (κ1) is 21.4. The molecule has 9 heteroatoms. The fraction of sp³-hybridized carbons (Fsp3) is 0.316. The highest BCUT2D eigenvalue weighted by atomic mass is 32.2. The van der Waals surface area contributed by atoms with Crippen LogP contribution in [0.25, 0.3) is 0 Å². The van der Waals surface area contributed by atoms with E-state index in [0.717, 1.165) is 21.7 Å². The van der Waals surface area contributed by atoms with Gasteiger partial charge in [0.1, 0.15) is 6.04 Å². The molecule has 2 rings (SSSR count). The van der Waals surface area contributed by atoms with Gasteiger partial charge in [0.2, 0.25) is 15.9 Å². The number of nitrogens with zero attached hydrogens (tertiary/aromatic N) is 2. The molecule has 0 aliphatic heterocycles. The van der Waals surface area contributed by atoms with Crippen LogP contribution in [0.15, 0.2) is 36.4 Å². The molecule has 28 heavy (non-hydrogen) atoms. The Labute approximate surface area is 164 Å². The number of nitrogens with one attached hydrogen (secondary N) is 1. The van der Waals surface area contributed by atoms with Crippen molar-refractivity contribution in [3.63, 3.8) is 0 Å². The number of sulfonamides is 1. The summed E-state index contributed by atoms with van der Waals surface area (Å²) in [5.74, 6) is -0.534. The van der Waals surface area contributed by atoms with Crippen molar-refractivity contribution in [2.24, 2.45) is 0 Å². The molecule has 0 aliphatic carbocycles. The Hall–Kier alpha value is -2.94. The molecule has 0 radical (unpaired) electrons. The molecular formula is C19H23N3O5S. The number of rotatable bonds is 6. The van der Waals surface area contributed by atoms with Crippen LogP contribution in [0.4, 0.5) is 17.1 Å². The van der Waals surface area contributed by atoms with Gasteiger partial charge in [-0.1, -0.05) is 24.3 Å². The van der Waals surface area contributed by atoms with Crippen molar-refractivity contribution in [1.82, 2.24) is 0 Å². The standard InChI is InChI=1S/C19H23N3O5S/c1-12-9-10-16(22(24)25)11-17(12)21(28(5,26)27)15(4)19(23)20-18-13(2)7-6-8-14(18)3/h6-11,15H,1-5H3,(H,20,23). The van der Waals surface area contributed by atoms with Crippen LogP contribution in [-0.4, -0.2) is 31.5 Å². The van der Waals surface area contributed by atoms with Crippen molar-refractivity contribution < 1.29 is 18.1 Å². The molecule has 0 fully saturated rings. The lowest BCUT2D eigenvalue weighted by atomic mass is 10.1. The van der Waals surface area contributed by atoms with Crippen LogP contribution in [0.5, 0.6) is 0 Å². The van der Waals surface area contributed by atoms with Crippen LogP contribution in [0.2, 0.25) is 0 Å². The summed E-state index contributed by atoms with van der Waals surface area (Å²) >= 11 is 0. The fourth-order valence-electron chi connectivity index (χ4n) is 2.97. The monoisotopic (exact) mass is 405 g/mol. The highest BCUT2D eigenvalue weighted by Gasteiger charge is 2.31. The summed E-state index contributed by atoms with van der Waals surface area (Å²) in [6.07, 6.45) is 0.966. The molecule has 0 aliphatic rings. The van der Waals surface area contributed by atoms with Crippen molar-refractivity contribution in [3.05, 3.63) is 63.2 Å². The van der Waals surface area contributed by atoms with E-state index in [9.17, 15) is 23.3 Å². The topological polar surface area (TPSA) is 110 Å². The lowest BCUT2D eigenvalue weighted by Crippen LogP contribution is -2.45. The third-order valence-electron chi connectivity index (χ3n) is 4.46. The molecule has 0 aromatic heterocycles. The van der Waals surface area contributed by atoms with Crippen molar-refractivity contribution in [3.8, 4) is 0 Å². The number of hydrogen-bond donors (Lipinski definition) is 1. The van der Waals surface area contributed by atoms with Gasteiger partial charge in [0.05, 0.1) is 16.9 Å². The summed E-state index contributed by atoms with van der Waals surface area (Å²) in [7, 11) is -3.89. The summed E-state index contributed by atoms with van der Waals surface area (Å²) in [6.45, 7) is 6.76. The van der Waals surface area contributed by atoms with E-state index in [0.29, 0.717) is 11.3 Å². The number of amides is 1. The van der Waals surface area contributed by atoms with E-state index in [1.54, 1.807) is 6.92 Å². The number of hydrogen-bond acceptors (Lipinski definition) is 5. The number of nitro benzene ring substituents is 1. The van der Waals surface area contributed by atoms with Gasteiger partial charge in [0.15, 0.2) is 0 Å². The summed E-state index contributed by atoms with van der Waals surface area (Å²) < 4.78 is 25.9. The van der Waals surface area contributed by atoms with Gasteiger partial charge >= 0.3 is 0 Å². The Kier molecular flexibility index (Phi) is 6.08. The van der Waals surface area contributed by atoms with Crippen molar-refractivity contribution in [1.29, 1.82) is 0 Å². The molecule has 8 nitrogen and oxygen atoms in total. The minimum atomic E-state index is -3.89. The van der Waals surface area contributed by atoms with Crippen LogP contribution >= 0.6 is 0 Å². The number of carbonyl (C=O) groups excluding carboxylic acids is 1. The Morgan fingerprint density at radius 3 is 2.18 bits per heavy atom. The van der Waals surface area contributed by atoms with Gasteiger partial charge in [-0.05, 0) is 44.4 Å². The van der Waals surface area contributed by atoms with Crippen LogP contribution in [0.1, 0.15) is 23.6 Å². The molecule has 0 saturated heterocycles. The van der Waals surface area contributed by atoms with Gasteiger partial charge in [-0.15, -0.1) is 0 Å². The molecule has 0 bridgehead atoms. The highest BCUT2D eigenvalue weighted by molar-refractivity contribution is 7.92. The average molecular weight is 405 g/mol. The van der Waals surface area contributed by atoms with Gasteiger partial charge in [-0.3, -0.25) is 19.2 Å². The second-order valence-electron chi connectivity index (χ2n) is 6.72. The largest absolute Gasteiger partial charge is 0.324 e. The molecule has 1 unspecified atom stereocenters. The first-order chi connectivity index (χ1) is 12.9. The zero-order chi connectivity index (χ0) is 21.2. The molecule has 1 N–H and O–H groups in total. The van der Waals surface area contributed by atoms with Crippen LogP contribution in [0.3, 0.4) is 0 Å². The zero-order valence-corrected chi connectivity index (χ0v) is 17.2. The fourth-order valence-corrected chi connectivity index (χ4v) is 4.19. The number of benzene rings is 2. The molecule has 0 heterocycles. The summed E-state index contributed by atoms with van der Waals surface area (Å²) in [5, 5.41) is 13.9. The second kappa shape index (κ2) is 7.97. The van der Waals surface area contributed by atoms with E-state index in [2.05, 4.69) is 5.32 Å². The van der Waals surface area contributed by atoms with Gasteiger partial charge in [0, 0.05) is 17.8 Å². The lowest BCUT2D eigenvalue weighted by Gasteiger charge is -2.29. The van der Waals surface area contributed by atoms with Crippen LogP contribution in [-0.2, 0) is 14.8 Å². The van der Waals surface area contributed by atoms with Crippen LogP contribution < -0.4 is 9.62 Å². The molecule has 0 spiro atoms. The third-order valence-corrected chi connectivity index (χ3v) is 5.69. The molecule has 150 valence electrons. The van der Waals surface area contributed by atoms with E-state index >= 15 is 0 Å². The number of carbonyl (C=O) groups is 1. The minimum absolute atomic E-state index is 0.0980. The Balaban J connectivity index is 2.48. The van der Waals surface area contributed by atoms with Crippen molar-refractivity contribution in [2.75, 3.05) is 15.9 Å². The molecule has 2 aromatic carbocycles. The third kappa shape index (κ3) is 4.48. The summed E-state index contributed by atoms with van der Waals surface area (Å²) in [5.41, 5.74) is 2.65. The Morgan fingerprint density at radius 1 is 1.11 bits per heavy atom. The molecule has 2 aromatic rings. The normalized spacial score (nSPS) is 12.3. The SMILES string of the molecule is Cc1ccc([N+](=O)[O-])cc1N(C(C)C(=O)Nc1c(C)cccc1C)S(C)(=O)=O. The number of para-hydroxylation sites is 1. The summed E-state index contributed by atoms with van der Waals surface area (Å²) in [6, 6.07) is 8.34. The Bertz CT molecular complexity index is 1010. The number of anilines is 2. The quantitative estimate of drug-likeness (QED) is 0.586. The van der Waals surface area contributed by atoms with Crippen molar-refractivity contribution >= 4 is 33.0 Å². The van der Waals surface area contributed by atoms with E-state index in [1.807, 2.05) is 32.0 Å². The maximum Gasteiger partial charge on any atom is 0.271 e. The predicted molar refractivity (Wildman–Crippen MR) is 109 cm³/mol. The number of nitro groups is 1. The zero-order valence-electron chi connectivity index (χ0n) is 16.4. The molecule has 1 atom stereocenters. The maximum atomic E-state index is 12.9. The van der Waals surface area contributed by atoms with E-state index in [1.165, 1.54) is 25.1 Å². The van der Waals surface area contributed by atoms with E-state index in [4.69, 9.17) is 0 Å². The first-order valence-corrected chi connectivity index (χ1v) is 10.4. The second-order valence-corrected chi connectivity index (χ2v) is 8.58. The van der Waals surface area contributed by atoms with Crippen molar-refractivity contribution in [2.45, 2.75) is 33.7 Å². The van der Waals surface area contributed by atoms with E-state index < -0.39 is 26.9 Å². The first-order valence-electron chi connectivity index (χ1n) is 8.55. The number of aryl methyl sites for hydroxylation is 3. The van der Waals surface area contributed by atoms with Gasteiger partial charge in [-0.25, -0.2) is 8.42 Å². The Morgan fingerprint density at radius 2 is 1.68 bits per heavy atom. The maximum absolute atomic E-state index is 12.9. The predicted octanol–water partition coefficient (Wildman–Crippen LogP) is 3.31. The smallest absolute Gasteiger partial charge is 0.271 e. The highest BCUT2D eigenvalue weighted by Crippen LogP contribution is 2.30. The average Bonchev–Trinajstić information content (AvgIpc) is 2.58. The van der Waals surface area contributed by atoms with Crippen LogP contribution in [0, 0.1) is 30.9 Å². The summed E-state index contributed by atoms with van der Waals surface area (Å²) in [4.78, 5) is 23.4. The van der Waals surface area contributed by atoms with Gasteiger partial charge in [-0.2, -0.15) is 0 Å². The molecular weight excluding hydrogens is 382 g/mol. The molecule has 0 saturated carbocycles. The minimum Gasteiger partial charge on any atom is -0.324 e. The number of non-ortho nitro benzene ring substituents is 1. The van der Waals surface area contributed by atoms with Gasteiger partial charge < -0.3 is 5.32 Å². The van der Waals surface area contributed by atoms with E-state index in [-0.39, 0.29) is 11.4 Å².